The molecule has 1 aromatic rings. The summed E-state index contributed by atoms with van der Waals surface area (Å²) in [5, 5.41) is 2.88. The molecule has 21 heavy (non-hydrogen) atoms. The zero-order valence-electron chi connectivity index (χ0n) is 13.3. The highest BCUT2D eigenvalue weighted by molar-refractivity contribution is 5.79. The molecule has 0 heterocycles. The number of methoxy groups -OCH3 is 2. The van der Waals surface area contributed by atoms with Gasteiger partial charge in [-0.15, -0.1) is 0 Å². The number of amides is 1. The molecule has 0 bridgehead atoms. The molecule has 0 saturated heterocycles. The van der Waals surface area contributed by atoms with Gasteiger partial charge in [-0.25, -0.2) is 0 Å². The highest BCUT2D eigenvalue weighted by Crippen LogP contribution is 2.24. The summed E-state index contributed by atoms with van der Waals surface area (Å²) in [5.74, 6) is 1.34. The molecule has 5 nitrogen and oxygen atoms in total. The summed E-state index contributed by atoms with van der Waals surface area (Å²) in [4.78, 5) is 11.9. The number of hydrogen-bond acceptors (Lipinski definition) is 4. The number of hydrogen-bond donors (Lipinski definition) is 1. The SMILES string of the molecule is COc1ccc(CC(=O)NCCCOC(C)C)c(OC)c1. The summed E-state index contributed by atoms with van der Waals surface area (Å²) in [7, 11) is 3.18. The van der Waals surface area contributed by atoms with Crippen LogP contribution in [0.5, 0.6) is 11.5 Å². The Morgan fingerprint density at radius 3 is 2.62 bits per heavy atom. The molecule has 0 fully saturated rings. The van der Waals surface area contributed by atoms with Crippen molar-refractivity contribution in [2.24, 2.45) is 0 Å². The van der Waals surface area contributed by atoms with Crippen molar-refractivity contribution in [1.29, 1.82) is 0 Å². The molecular formula is C16H25NO4. The molecule has 0 spiro atoms. The van der Waals surface area contributed by atoms with Gasteiger partial charge < -0.3 is 19.5 Å². The number of nitrogens with one attached hydrogen (secondary N) is 1. The van der Waals surface area contributed by atoms with Gasteiger partial charge in [0.25, 0.3) is 0 Å². The second kappa shape index (κ2) is 9.23. The first-order chi connectivity index (χ1) is 10.1. The van der Waals surface area contributed by atoms with Crippen LogP contribution in [0.4, 0.5) is 0 Å². The Kier molecular flexibility index (Phi) is 7.61. The average molecular weight is 295 g/mol. The van der Waals surface area contributed by atoms with E-state index in [0.29, 0.717) is 24.7 Å². The van der Waals surface area contributed by atoms with Gasteiger partial charge in [-0.05, 0) is 26.3 Å². The molecule has 0 aliphatic rings. The number of rotatable bonds is 9. The van der Waals surface area contributed by atoms with Gasteiger partial charge in [0, 0.05) is 24.8 Å². The number of ether oxygens (including phenoxy) is 3. The monoisotopic (exact) mass is 295 g/mol. The van der Waals surface area contributed by atoms with Crippen LogP contribution in [0.3, 0.4) is 0 Å². The van der Waals surface area contributed by atoms with Crippen molar-refractivity contribution in [1.82, 2.24) is 5.32 Å². The lowest BCUT2D eigenvalue weighted by atomic mass is 10.1. The normalized spacial score (nSPS) is 10.5. The molecule has 0 atom stereocenters. The second-order valence-electron chi connectivity index (χ2n) is 4.98. The Morgan fingerprint density at radius 2 is 2.00 bits per heavy atom. The molecule has 0 unspecified atom stereocenters. The molecule has 1 rings (SSSR count). The van der Waals surface area contributed by atoms with E-state index < -0.39 is 0 Å². The van der Waals surface area contributed by atoms with Crippen molar-refractivity contribution in [3.8, 4) is 11.5 Å². The topological polar surface area (TPSA) is 56.8 Å². The van der Waals surface area contributed by atoms with Gasteiger partial charge in [0.05, 0.1) is 26.7 Å². The van der Waals surface area contributed by atoms with Crippen molar-refractivity contribution >= 4 is 5.91 Å². The maximum atomic E-state index is 11.9. The Balaban J connectivity index is 2.40. The molecule has 1 N–H and O–H groups in total. The number of carbonyl (C=O) groups is 1. The molecular weight excluding hydrogens is 270 g/mol. The van der Waals surface area contributed by atoms with E-state index in [-0.39, 0.29) is 18.4 Å². The third kappa shape index (κ3) is 6.49. The fraction of sp³-hybridized carbons (Fsp3) is 0.562. The first-order valence-corrected chi connectivity index (χ1v) is 7.16. The Bertz CT molecular complexity index is 446. The zero-order valence-corrected chi connectivity index (χ0v) is 13.3. The van der Waals surface area contributed by atoms with Crippen LogP contribution in [0.1, 0.15) is 25.8 Å². The molecule has 0 radical (unpaired) electrons. The van der Waals surface area contributed by atoms with Gasteiger partial charge in [-0.2, -0.15) is 0 Å². The van der Waals surface area contributed by atoms with Crippen molar-refractivity contribution in [2.75, 3.05) is 27.4 Å². The summed E-state index contributed by atoms with van der Waals surface area (Å²) in [6, 6.07) is 5.44. The molecule has 118 valence electrons. The van der Waals surface area contributed by atoms with Gasteiger partial charge in [0.2, 0.25) is 5.91 Å². The van der Waals surface area contributed by atoms with E-state index in [9.17, 15) is 4.79 Å². The van der Waals surface area contributed by atoms with E-state index in [1.807, 2.05) is 26.0 Å². The van der Waals surface area contributed by atoms with E-state index in [1.54, 1.807) is 20.3 Å². The van der Waals surface area contributed by atoms with Crippen molar-refractivity contribution in [3.05, 3.63) is 23.8 Å². The molecule has 0 saturated carbocycles. The fourth-order valence-electron chi connectivity index (χ4n) is 1.85. The van der Waals surface area contributed by atoms with Crippen LogP contribution in [-0.2, 0) is 16.0 Å². The van der Waals surface area contributed by atoms with E-state index in [4.69, 9.17) is 14.2 Å². The van der Waals surface area contributed by atoms with E-state index in [1.165, 1.54) is 0 Å². The number of carbonyl (C=O) groups excluding carboxylic acids is 1. The Hall–Kier alpha value is -1.75. The Labute approximate surface area is 126 Å². The van der Waals surface area contributed by atoms with E-state index in [0.717, 1.165) is 12.0 Å². The maximum absolute atomic E-state index is 11.9. The zero-order chi connectivity index (χ0) is 15.7. The third-order valence-electron chi connectivity index (χ3n) is 2.94. The smallest absolute Gasteiger partial charge is 0.224 e. The van der Waals surface area contributed by atoms with Crippen LogP contribution in [-0.4, -0.2) is 39.4 Å². The minimum absolute atomic E-state index is 0.0250. The first kappa shape index (κ1) is 17.3. The van der Waals surface area contributed by atoms with Gasteiger partial charge in [0.15, 0.2) is 0 Å². The van der Waals surface area contributed by atoms with Crippen LogP contribution in [0, 0.1) is 0 Å². The van der Waals surface area contributed by atoms with E-state index >= 15 is 0 Å². The van der Waals surface area contributed by atoms with Crippen LogP contribution >= 0.6 is 0 Å². The molecule has 0 aliphatic carbocycles. The van der Waals surface area contributed by atoms with Crippen molar-refractivity contribution in [2.45, 2.75) is 32.8 Å². The molecule has 5 heteroatoms. The van der Waals surface area contributed by atoms with Crippen molar-refractivity contribution < 1.29 is 19.0 Å². The third-order valence-corrected chi connectivity index (χ3v) is 2.94. The fourth-order valence-corrected chi connectivity index (χ4v) is 1.85. The van der Waals surface area contributed by atoms with Crippen LogP contribution in [0.25, 0.3) is 0 Å². The van der Waals surface area contributed by atoms with Gasteiger partial charge >= 0.3 is 0 Å². The molecule has 0 aliphatic heterocycles. The quantitative estimate of drug-likeness (QED) is 0.709. The summed E-state index contributed by atoms with van der Waals surface area (Å²) in [6.07, 6.45) is 1.33. The largest absolute Gasteiger partial charge is 0.497 e. The van der Waals surface area contributed by atoms with Crippen molar-refractivity contribution in [3.63, 3.8) is 0 Å². The summed E-state index contributed by atoms with van der Waals surface area (Å²) in [5.41, 5.74) is 0.842. The van der Waals surface area contributed by atoms with Gasteiger partial charge in [0.1, 0.15) is 11.5 Å². The molecule has 0 aromatic heterocycles. The Morgan fingerprint density at radius 1 is 1.24 bits per heavy atom. The summed E-state index contributed by atoms with van der Waals surface area (Å²) >= 11 is 0. The lowest BCUT2D eigenvalue weighted by Gasteiger charge is -2.11. The van der Waals surface area contributed by atoms with Gasteiger partial charge in [-0.1, -0.05) is 6.07 Å². The van der Waals surface area contributed by atoms with Gasteiger partial charge in [-0.3, -0.25) is 4.79 Å². The summed E-state index contributed by atoms with van der Waals surface area (Å²) in [6.45, 7) is 5.26. The minimum atomic E-state index is -0.0250. The summed E-state index contributed by atoms with van der Waals surface area (Å²) < 4.78 is 15.8. The molecule has 1 amide bonds. The van der Waals surface area contributed by atoms with Crippen LogP contribution in [0.15, 0.2) is 18.2 Å². The highest BCUT2D eigenvalue weighted by atomic mass is 16.5. The van der Waals surface area contributed by atoms with Crippen LogP contribution < -0.4 is 14.8 Å². The van der Waals surface area contributed by atoms with Crippen LogP contribution in [0.2, 0.25) is 0 Å². The first-order valence-electron chi connectivity index (χ1n) is 7.16. The lowest BCUT2D eigenvalue weighted by Crippen LogP contribution is -2.27. The standard InChI is InChI=1S/C16H25NO4/c1-12(2)21-9-5-8-17-16(18)10-13-6-7-14(19-3)11-15(13)20-4/h6-7,11-12H,5,8-10H2,1-4H3,(H,17,18). The predicted octanol–water partition coefficient (Wildman–Crippen LogP) is 2.18. The minimum Gasteiger partial charge on any atom is -0.497 e. The average Bonchev–Trinajstić information content (AvgIpc) is 2.47. The lowest BCUT2D eigenvalue weighted by molar-refractivity contribution is -0.120. The maximum Gasteiger partial charge on any atom is 0.224 e. The molecule has 1 aromatic carbocycles. The highest BCUT2D eigenvalue weighted by Gasteiger charge is 2.09. The van der Waals surface area contributed by atoms with E-state index in [2.05, 4.69) is 5.32 Å². The second-order valence-corrected chi connectivity index (χ2v) is 4.98. The predicted molar refractivity (Wildman–Crippen MR) is 82.0 cm³/mol. The number of benzene rings is 1.